The van der Waals surface area contributed by atoms with Crippen molar-refractivity contribution in [2.75, 3.05) is 6.16 Å². The van der Waals surface area contributed by atoms with Gasteiger partial charge in [-0.05, 0) is 12.3 Å². The fraction of sp³-hybridized carbons (Fsp3) is 0.889. The maximum absolute atomic E-state index is 10.8. The van der Waals surface area contributed by atoms with E-state index in [0.717, 1.165) is 19.3 Å². The van der Waals surface area contributed by atoms with Gasteiger partial charge in [-0.15, -0.1) is 0 Å². The molecule has 0 aliphatic rings. The van der Waals surface area contributed by atoms with Crippen LogP contribution in [0.2, 0.25) is 0 Å². The van der Waals surface area contributed by atoms with Crippen LogP contribution in [0.1, 0.15) is 39.0 Å². The van der Waals surface area contributed by atoms with Crippen molar-refractivity contribution in [1.29, 1.82) is 0 Å². The lowest BCUT2D eigenvalue weighted by Crippen LogP contribution is -2.12. The third-order valence-electron chi connectivity index (χ3n) is 2.18. The average Bonchev–Trinajstić information content (AvgIpc) is 2.00. The van der Waals surface area contributed by atoms with Crippen molar-refractivity contribution < 1.29 is 24.3 Å². The van der Waals surface area contributed by atoms with Gasteiger partial charge in [0.2, 0.25) is 0 Å². The van der Waals surface area contributed by atoms with Gasteiger partial charge in [0.15, 0.2) is 0 Å². The number of rotatable bonds is 8. The first kappa shape index (κ1) is 14.6. The first-order valence-electron chi connectivity index (χ1n) is 5.11. The van der Waals surface area contributed by atoms with Crippen LogP contribution in [-0.4, -0.2) is 27.0 Å². The van der Waals surface area contributed by atoms with Crippen LogP contribution >= 0.6 is 7.60 Å². The summed E-state index contributed by atoms with van der Waals surface area (Å²) >= 11 is 0. The van der Waals surface area contributed by atoms with Crippen molar-refractivity contribution in [3.05, 3.63) is 0 Å². The van der Waals surface area contributed by atoms with Gasteiger partial charge in [0, 0.05) is 6.42 Å². The number of unbranched alkanes of at least 4 members (excludes halogenated alkanes) is 2. The van der Waals surface area contributed by atoms with Gasteiger partial charge in [0.05, 0.1) is 6.16 Å². The molecule has 0 aliphatic heterocycles. The summed E-state index contributed by atoms with van der Waals surface area (Å²) in [6.45, 7) is 2.02. The van der Waals surface area contributed by atoms with Gasteiger partial charge in [-0.3, -0.25) is 9.36 Å². The molecule has 0 fully saturated rings. The van der Waals surface area contributed by atoms with Crippen LogP contribution in [0.4, 0.5) is 0 Å². The summed E-state index contributed by atoms with van der Waals surface area (Å²) in [6, 6.07) is 0. The number of hydrogen-bond acceptors (Lipinski definition) is 2. The minimum absolute atomic E-state index is 0.158. The maximum atomic E-state index is 10.8. The summed E-state index contributed by atoms with van der Waals surface area (Å²) in [5, 5.41) is 8.58. The second-order valence-corrected chi connectivity index (χ2v) is 5.50. The highest BCUT2D eigenvalue weighted by Gasteiger charge is 2.23. The van der Waals surface area contributed by atoms with E-state index in [1.807, 2.05) is 6.92 Å². The fourth-order valence-corrected chi connectivity index (χ4v) is 2.51. The van der Waals surface area contributed by atoms with Gasteiger partial charge in [0.25, 0.3) is 0 Å². The van der Waals surface area contributed by atoms with Crippen molar-refractivity contribution >= 4 is 13.6 Å². The molecule has 0 rings (SSSR count). The van der Waals surface area contributed by atoms with E-state index in [-0.39, 0.29) is 12.6 Å². The van der Waals surface area contributed by atoms with Gasteiger partial charge in [-0.2, -0.15) is 0 Å². The molecule has 0 amide bonds. The normalized spacial score (nSPS) is 13.8. The van der Waals surface area contributed by atoms with Crippen LogP contribution in [0.3, 0.4) is 0 Å². The quantitative estimate of drug-likeness (QED) is 0.443. The molecule has 0 aliphatic carbocycles. The molecular weight excluding hydrogens is 219 g/mol. The van der Waals surface area contributed by atoms with Crippen LogP contribution in [0.5, 0.6) is 0 Å². The van der Waals surface area contributed by atoms with E-state index in [0.29, 0.717) is 6.42 Å². The van der Waals surface area contributed by atoms with Crippen molar-refractivity contribution in [3.8, 4) is 0 Å². The van der Waals surface area contributed by atoms with Crippen LogP contribution in [0.25, 0.3) is 0 Å². The summed E-state index contributed by atoms with van der Waals surface area (Å²) < 4.78 is 10.8. The van der Waals surface area contributed by atoms with E-state index < -0.39 is 19.5 Å². The maximum Gasteiger partial charge on any atom is 0.325 e. The molecule has 0 saturated carbocycles. The zero-order chi connectivity index (χ0) is 11.9. The third-order valence-corrected chi connectivity index (χ3v) is 3.17. The number of carboxylic acids is 1. The first-order chi connectivity index (χ1) is 6.85. The Labute approximate surface area is 89.7 Å². The standard InChI is InChI=1S/C9H19O5P/c1-2-3-4-5-8(6-9(10)11)7-15(12,13)14/h8H,2-7H2,1H3,(H,10,11)(H2,12,13,14). The Bertz CT molecular complexity index is 235. The monoisotopic (exact) mass is 238 g/mol. The number of aliphatic carboxylic acids is 1. The molecule has 0 bridgehead atoms. The van der Waals surface area contributed by atoms with E-state index in [9.17, 15) is 9.36 Å². The number of carboxylic acid groups (broad SMARTS) is 1. The molecule has 5 nitrogen and oxygen atoms in total. The van der Waals surface area contributed by atoms with Crippen LogP contribution in [-0.2, 0) is 9.36 Å². The average molecular weight is 238 g/mol. The van der Waals surface area contributed by atoms with E-state index in [1.165, 1.54) is 0 Å². The zero-order valence-electron chi connectivity index (χ0n) is 8.93. The molecule has 6 heteroatoms. The SMILES string of the molecule is CCCCCC(CC(=O)O)CP(=O)(O)O. The van der Waals surface area contributed by atoms with E-state index in [2.05, 4.69) is 0 Å². The summed E-state index contributed by atoms with van der Waals surface area (Å²) in [7, 11) is -4.09. The van der Waals surface area contributed by atoms with Crippen LogP contribution in [0, 0.1) is 5.92 Å². The molecule has 0 spiro atoms. The molecule has 0 aromatic carbocycles. The van der Waals surface area contributed by atoms with Gasteiger partial charge >= 0.3 is 13.6 Å². The highest BCUT2D eigenvalue weighted by Crippen LogP contribution is 2.39. The minimum atomic E-state index is -4.09. The highest BCUT2D eigenvalue weighted by atomic mass is 31.2. The van der Waals surface area contributed by atoms with E-state index in [1.54, 1.807) is 0 Å². The second kappa shape index (κ2) is 6.99. The van der Waals surface area contributed by atoms with E-state index in [4.69, 9.17) is 14.9 Å². The molecule has 1 atom stereocenters. The van der Waals surface area contributed by atoms with Crippen LogP contribution < -0.4 is 0 Å². The predicted octanol–water partition coefficient (Wildman–Crippen LogP) is 1.84. The minimum Gasteiger partial charge on any atom is -0.481 e. The second-order valence-electron chi connectivity index (χ2n) is 3.81. The van der Waals surface area contributed by atoms with Crippen molar-refractivity contribution in [2.45, 2.75) is 39.0 Å². The largest absolute Gasteiger partial charge is 0.481 e. The fourth-order valence-electron chi connectivity index (χ4n) is 1.52. The van der Waals surface area contributed by atoms with Gasteiger partial charge < -0.3 is 14.9 Å². The number of hydrogen-bond donors (Lipinski definition) is 3. The summed E-state index contributed by atoms with van der Waals surface area (Å²) in [4.78, 5) is 28.0. The van der Waals surface area contributed by atoms with Crippen LogP contribution in [0.15, 0.2) is 0 Å². The topological polar surface area (TPSA) is 94.8 Å². The predicted molar refractivity (Wildman–Crippen MR) is 56.8 cm³/mol. The Hall–Kier alpha value is -0.380. The summed E-state index contributed by atoms with van der Waals surface area (Å²) in [5.74, 6) is -1.40. The Kier molecular flexibility index (Phi) is 6.81. The summed E-state index contributed by atoms with van der Waals surface area (Å²) in [5.41, 5.74) is 0. The van der Waals surface area contributed by atoms with Gasteiger partial charge in [-0.25, -0.2) is 0 Å². The Morgan fingerprint density at radius 1 is 1.33 bits per heavy atom. The molecule has 0 heterocycles. The Morgan fingerprint density at radius 3 is 2.33 bits per heavy atom. The lowest BCUT2D eigenvalue weighted by Gasteiger charge is -2.15. The number of carbonyl (C=O) groups is 1. The Balaban J connectivity index is 4.06. The van der Waals surface area contributed by atoms with Crippen molar-refractivity contribution in [1.82, 2.24) is 0 Å². The van der Waals surface area contributed by atoms with E-state index >= 15 is 0 Å². The molecule has 0 radical (unpaired) electrons. The van der Waals surface area contributed by atoms with Gasteiger partial charge in [0.1, 0.15) is 0 Å². The van der Waals surface area contributed by atoms with Crippen molar-refractivity contribution in [3.63, 3.8) is 0 Å². The molecule has 90 valence electrons. The summed E-state index contributed by atoms with van der Waals surface area (Å²) in [6.07, 6.45) is 2.91. The van der Waals surface area contributed by atoms with Crippen molar-refractivity contribution in [2.24, 2.45) is 5.92 Å². The lowest BCUT2D eigenvalue weighted by atomic mass is 10.00. The zero-order valence-corrected chi connectivity index (χ0v) is 9.82. The Morgan fingerprint density at radius 2 is 1.93 bits per heavy atom. The van der Waals surface area contributed by atoms with Gasteiger partial charge in [-0.1, -0.05) is 26.2 Å². The molecule has 15 heavy (non-hydrogen) atoms. The smallest absolute Gasteiger partial charge is 0.325 e. The molecule has 0 aromatic heterocycles. The molecule has 3 N–H and O–H groups in total. The molecule has 0 saturated heterocycles. The lowest BCUT2D eigenvalue weighted by molar-refractivity contribution is -0.138. The molecule has 1 unspecified atom stereocenters. The highest BCUT2D eigenvalue weighted by molar-refractivity contribution is 7.51. The molecule has 0 aromatic rings. The molecular formula is C9H19O5P. The third kappa shape index (κ3) is 9.91. The first-order valence-corrected chi connectivity index (χ1v) is 6.91.